The summed E-state index contributed by atoms with van der Waals surface area (Å²) in [6.07, 6.45) is 1.60. The number of nitriles is 1. The molecule has 0 fully saturated rings. The highest BCUT2D eigenvalue weighted by Gasteiger charge is 2.03. The lowest BCUT2D eigenvalue weighted by molar-refractivity contribution is 1.13. The summed E-state index contributed by atoms with van der Waals surface area (Å²) in [6.45, 7) is 0.569. The molecule has 0 unspecified atom stereocenters. The first-order valence-electron chi connectivity index (χ1n) is 5.13. The van der Waals surface area contributed by atoms with Gasteiger partial charge in [0.1, 0.15) is 6.07 Å². The second-order valence-electron chi connectivity index (χ2n) is 3.46. The van der Waals surface area contributed by atoms with Crippen LogP contribution in [0.3, 0.4) is 0 Å². The van der Waals surface area contributed by atoms with Gasteiger partial charge in [0, 0.05) is 17.8 Å². The van der Waals surface area contributed by atoms with Crippen molar-refractivity contribution in [2.75, 3.05) is 5.32 Å². The molecule has 0 aliphatic heterocycles. The first-order valence-corrected chi connectivity index (χ1v) is 5.51. The van der Waals surface area contributed by atoms with E-state index in [-0.39, 0.29) is 0 Å². The van der Waals surface area contributed by atoms with Gasteiger partial charge in [-0.25, -0.2) is 4.98 Å². The van der Waals surface area contributed by atoms with Crippen LogP contribution in [-0.2, 0) is 6.54 Å². The average Bonchev–Trinajstić information content (AvgIpc) is 2.38. The van der Waals surface area contributed by atoms with Crippen LogP contribution in [0, 0.1) is 11.3 Å². The Morgan fingerprint density at radius 2 is 2.06 bits per heavy atom. The molecule has 0 saturated heterocycles. The Hall–Kier alpha value is -2.05. The summed E-state index contributed by atoms with van der Waals surface area (Å²) in [5, 5.41) is 12.8. The molecule has 1 N–H and O–H groups in total. The van der Waals surface area contributed by atoms with E-state index in [1.165, 1.54) is 0 Å². The van der Waals surface area contributed by atoms with Crippen molar-refractivity contribution < 1.29 is 0 Å². The maximum Gasteiger partial charge on any atom is 0.163 e. The number of nitrogens with one attached hydrogen (secondary N) is 1. The van der Waals surface area contributed by atoms with E-state index >= 15 is 0 Å². The summed E-state index contributed by atoms with van der Waals surface area (Å²) in [7, 11) is 0. The first kappa shape index (κ1) is 11.4. The van der Waals surface area contributed by atoms with Crippen LogP contribution in [0.5, 0.6) is 0 Å². The highest BCUT2D eigenvalue weighted by Crippen LogP contribution is 2.17. The van der Waals surface area contributed by atoms with Crippen molar-refractivity contribution in [1.29, 1.82) is 5.26 Å². The molecule has 17 heavy (non-hydrogen) atoms. The van der Waals surface area contributed by atoms with Crippen molar-refractivity contribution in [2.45, 2.75) is 6.54 Å². The minimum Gasteiger partial charge on any atom is -0.379 e. The maximum atomic E-state index is 8.89. The molecule has 4 heteroatoms. The predicted octanol–water partition coefficient (Wildman–Crippen LogP) is 3.22. The van der Waals surface area contributed by atoms with Crippen molar-refractivity contribution in [3.8, 4) is 6.07 Å². The molecule has 2 rings (SSSR count). The lowest BCUT2D eigenvalue weighted by Gasteiger charge is -2.08. The molecule has 1 aromatic heterocycles. The summed E-state index contributed by atoms with van der Waals surface area (Å²) in [5.74, 6) is 0. The summed E-state index contributed by atoms with van der Waals surface area (Å²) < 4.78 is 0. The first-order chi connectivity index (χ1) is 8.31. The van der Waals surface area contributed by atoms with Crippen molar-refractivity contribution in [3.63, 3.8) is 0 Å². The number of hydrogen-bond donors (Lipinski definition) is 1. The summed E-state index contributed by atoms with van der Waals surface area (Å²) >= 11 is 6.04. The second-order valence-corrected chi connectivity index (χ2v) is 3.86. The highest BCUT2D eigenvalue weighted by atomic mass is 35.5. The topological polar surface area (TPSA) is 48.7 Å². The standard InChI is InChI=1S/C13H10ClN3/c14-11-5-2-1-4-10(11)9-17-12-6-3-7-16-13(12)8-15/h1-7,17H,9H2. The second kappa shape index (κ2) is 5.33. The smallest absolute Gasteiger partial charge is 0.163 e. The van der Waals surface area contributed by atoms with E-state index in [9.17, 15) is 0 Å². The number of hydrogen-bond acceptors (Lipinski definition) is 3. The van der Waals surface area contributed by atoms with Crippen LogP contribution in [0.15, 0.2) is 42.6 Å². The van der Waals surface area contributed by atoms with Gasteiger partial charge in [-0.3, -0.25) is 0 Å². The summed E-state index contributed by atoms with van der Waals surface area (Å²) in [6, 6.07) is 13.2. The Morgan fingerprint density at radius 1 is 1.24 bits per heavy atom. The Bertz CT molecular complexity index is 561. The van der Waals surface area contributed by atoms with E-state index in [2.05, 4.69) is 10.3 Å². The molecule has 0 aliphatic carbocycles. The van der Waals surface area contributed by atoms with Gasteiger partial charge in [0.2, 0.25) is 0 Å². The van der Waals surface area contributed by atoms with E-state index in [1.807, 2.05) is 36.4 Å². The molecular weight excluding hydrogens is 234 g/mol. The SMILES string of the molecule is N#Cc1ncccc1NCc1ccccc1Cl. The van der Waals surface area contributed by atoms with Gasteiger partial charge in [0.05, 0.1) is 5.69 Å². The molecule has 0 spiro atoms. The van der Waals surface area contributed by atoms with Crippen molar-refractivity contribution in [1.82, 2.24) is 4.98 Å². The lowest BCUT2D eigenvalue weighted by atomic mass is 10.2. The molecule has 0 radical (unpaired) electrons. The summed E-state index contributed by atoms with van der Waals surface area (Å²) in [5.41, 5.74) is 2.09. The molecule has 0 atom stereocenters. The predicted molar refractivity (Wildman–Crippen MR) is 67.7 cm³/mol. The minimum atomic E-state index is 0.388. The van der Waals surface area contributed by atoms with Gasteiger partial charge in [-0.15, -0.1) is 0 Å². The largest absolute Gasteiger partial charge is 0.379 e. The van der Waals surface area contributed by atoms with Crippen LogP contribution in [0.1, 0.15) is 11.3 Å². The molecule has 0 amide bonds. The van der Waals surface area contributed by atoms with Crippen molar-refractivity contribution >= 4 is 17.3 Å². The minimum absolute atomic E-state index is 0.388. The van der Waals surface area contributed by atoms with Crippen LogP contribution >= 0.6 is 11.6 Å². The van der Waals surface area contributed by atoms with Gasteiger partial charge >= 0.3 is 0 Å². The zero-order valence-electron chi connectivity index (χ0n) is 9.02. The molecule has 3 nitrogen and oxygen atoms in total. The van der Waals surface area contributed by atoms with Crippen LogP contribution < -0.4 is 5.32 Å². The molecule has 0 aliphatic rings. The number of rotatable bonds is 3. The molecule has 0 saturated carbocycles. The van der Waals surface area contributed by atoms with E-state index in [0.29, 0.717) is 17.3 Å². The third-order valence-electron chi connectivity index (χ3n) is 2.34. The van der Waals surface area contributed by atoms with Crippen LogP contribution in [0.2, 0.25) is 5.02 Å². The van der Waals surface area contributed by atoms with E-state index < -0.39 is 0 Å². The number of aromatic nitrogens is 1. The highest BCUT2D eigenvalue weighted by molar-refractivity contribution is 6.31. The Balaban J connectivity index is 2.13. The third-order valence-corrected chi connectivity index (χ3v) is 2.71. The molecule has 1 aromatic carbocycles. The Kier molecular flexibility index (Phi) is 3.59. The summed E-state index contributed by atoms with van der Waals surface area (Å²) in [4.78, 5) is 3.98. The molecular formula is C13H10ClN3. The molecule has 0 bridgehead atoms. The molecule has 2 aromatic rings. The number of pyridine rings is 1. The van der Waals surface area contributed by atoms with Gasteiger partial charge in [-0.05, 0) is 23.8 Å². The van der Waals surface area contributed by atoms with Gasteiger partial charge < -0.3 is 5.32 Å². The molecule has 84 valence electrons. The molecule has 1 heterocycles. The normalized spacial score (nSPS) is 9.65. The van der Waals surface area contributed by atoms with Gasteiger partial charge in [0.15, 0.2) is 5.69 Å². The Labute approximate surface area is 105 Å². The number of nitrogens with zero attached hydrogens (tertiary/aromatic N) is 2. The lowest BCUT2D eigenvalue weighted by Crippen LogP contribution is -2.02. The van der Waals surface area contributed by atoms with E-state index in [1.54, 1.807) is 12.3 Å². The fourth-order valence-corrected chi connectivity index (χ4v) is 1.67. The van der Waals surface area contributed by atoms with Crippen LogP contribution in [0.25, 0.3) is 0 Å². The quantitative estimate of drug-likeness (QED) is 0.901. The number of anilines is 1. The zero-order chi connectivity index (χ0) is 12.1. The third kappa shape index (κ3) is 2.74. The fraction of sp³-hybridized carbons (Fsp3) is 0.0769. The van der Waals surface area contributed by atoms with E-state index in [4.69, 9.17) is 16.9 Å². The van der Waals surface area contributed by atoms with E-state index in [0.717, 1.165) is 11.3 Å². The van der Waals surface area contributed by atoms with Gasteiger partial charge in [-0.2, -0.15) is 5.26 Å². The number of benzene rings is 1. The van der Waals surface area contributed by atoms with Crippen LogP contribution in [0.4, 0.5) is 5.69 Å². The Morgan fingerprint density at radius 3 is 2.82 bits per heavy atom. The van der Waals surface area contributed by atoms with Gasteiger partial charge in [-0.1, -0.05) is 29.8 Å². The van der Waals surface area contributed by atoms with Crippen molar-refractivity contribution in [2.24, 2.45) is 0 Å². The van der Waals surface area contributed by atoms with Gasteiger partial charge in [0.25, 0.3) is 0 Å². The van der Waals surface area contributed by atoms with Crippen LogP contribution in [-0.4, -0.2) is 4.98 Å². The monoisotopic (exact) mass is 243 g/mol. The maximum absolute atomic E-state index is 8.89. The zero-order valence-corrected chi connectivity index (χ0v) is 9.78. The number of halogens is 1. The fourth-order valence-electron chi connectivity index (χ4n) is 1.47. The van der Waals surface area contributed by atoms with Crippen molar-refractivity contribution in [3.05, 3.63) is 58.9 Å². The average molecular weight is 244 g/mol.